The van der Waals surface area contributed by atoms with Crippen molar-refractivity contribution in [2.24, 2.45) is 5.92 Å². The van der Waals surface area contributed by atoms with Crippen LogP contribution in [-0.4, -0.2) is 18.4 Å². The summed E-state index contributed by atoms with van der Waals surface area (Å²) in [6.45, 7) is -0.100. The summed E-state index contributed by atoms with van der Waals surface area (Å²) in [6, 6.07) is 7.18. The maximum Gasteiger partial charge on any atom is 0.229 e. The number of para-hydroxylation sites is 1. The van der Waals surface area contributed by atoms with Crippen LogP contribution in [0.5, 0.6) is 0 Å². The maximum atomic E-state index is 13.8. The molecular formula is C17H12F4N2O2. The zero-order valence-electron chi connectivity index (χ0n) is 12.7. The summed E-state index contributed by atoms with van der Waals surface area (Å²) < 4.78 is 53.5. The van der Waals surface area contributed by atoms with Gasteiger partial charge in [0.15, 0.2) is 17.5 Å². The van der Waals surface area contributed by atoms with Gasteiger partial charge in [0.05, 0.1) is 17.3 Å². The first kappa shape index (κ1) is 16.9. The Morgan fingerprint density at radius 3 is 2.44 bits per heavy atom. The fourth-order valence-electron chi connectivity index (χ4n) is 2.64. The van der Waals surface area contributed by atoms with Crippen molar-refractivity contribution in [3.63, 3.8) is 0 Å². The van der Waals surface area contributed by atoms with Gasteiger partial charge in [0.1, 0.15) is 5.82 Å². The van der Waals surface area contributed by atoms with Crippen LogP contribution in [0, 0.1) is 29.2 Å². The summed E-state index contributed by atoms with van der Waals surface area (Å²) in [5, 5.41) is 2.13. The van der Waals surface area contributed by atoms with Crippen molar-refractivity contribution in [1.29, 1.82) is 0 Å². The topological polar surface area (TPSA) is 49.4 Å². The van der Waals surface area contributed by atoms with Gasteiger partial charge in [-0.3, -0.25) is 9.59 Å². The van der Waals surface area contributed by atoms with E-state index in [2.05, 4.69) is 5.32 Å². The Balaban J connectivity index is 1.76. The first-order valence-corrected chi connectivity index (χ1v) is 7.37. The number of amides is 2. The number of hydrogen-bond donors (Lipinski definition) is 1. The average molecular weight is 352 g/mol. The van der Waals surface area contributed by atoms with Crippen LogP contribution < -0.4 is 10.2 Å². The Morgan fingerprint density at radius 1 is 1.00 bits per heavy atom. The fourth-order valence-corrected chi connectivity index (χ4v) is 2.64. The molecule has 1 N–H and O–H groups in total. The van der Waals surface area contributed by atoms with Crippen molar-refractivity contribution in [2.45, 2.75) is 6.42 Å². The second-order valence-electron chi connectivity index (χ2n) is 5.57. The van der Waals surface area contributed by atoms with E-state index in [1.807, 2.05) is 0 Å². The number of benzene rings is 2. The minimum absolute atomic E-state index is 0.0433. The standard InChI is InChI=1S/C17H12F4N2O2/c18-10-3-1-2-4-13(10)23-8-9(7-14(23)24)17(25)22-12-6-5-11(19)15(20)16(12)21/h1-6,9H,7-8H2,(H,22,25). The summed E-state index contributed by atoms with van der Waals surface area (Å²) in [5.41, 5.74) is -0.484. The van der Waals surface area contributed by atoms with Gasteiger partial charge in [-0.25, -0.2) is 17.6 Å². The van der Waals surface area contributed by atoms with Crippen LogP contribution in [0.3, 0.4) is 0 Å². The molecule has 1 aliphatic heterocycles. The summed E-state index contributed by atoms with van der Waals surface area (Å²) in [5.74, 6) is -7.29. The van der Waals surface area contributed by atoms with Crippen molar-refractivity contribution in [2.75, 3.05) is 16.8 Å². The number of nitrogens with one attached hydrogen (secondary N) is 1. The summed E-state index contributed by atoms with van der Waals surface area (Å²) in [6.07, 6.45) is -0.203. The highest BCUT2D eigenvalue weighted by atomic mass is 19.2. The first-order chi connectivity index (χ1) is 11.9. The molecule has 8 heteroatoms. The Hall–Kier alpha value is -2.90. The van der Waals surface area contributed by atoms with Crippen molar-refractivity contribution in [1.82, 2.24) is 0 Å². The van der Waals surface area contributed by atoms with E-state index in [0.29, 0.717) is 6.07 Å². The average Bonchev–Trinajstić information content (AvgIpc) is 2.97. The molecule has 0 bridgehead atoms. The molecular weight excluding hydrogens is 340 g/mol. The third-order valence-corrected chi connectivity index (χ3v) is 3.93. The third kappa shape index (κ3) is 3.19. The predicted molar refractivity (Wildman–Crippen MR) is 81.8 cm³/mol. The SMILES string of the molecule is O=C(Nc1ccc(F)c(F)c1F)C1CC(=O)N(c2ccccc2F)C1. The van der Waals surface area contributed by atoms with Gasteiger partial charge in [0.25, 0.3) is 0 Å². The first-order valence-electron chi connectivity index (χ1n) is 7.37. The predicted octanol–water partition coefficient (Wildman–Crippen LogP) is 3.23. The van der Waals surface area contributed by atoms with E-state index in [-0.39, 0.29) is 18.7 Å². The second-order valence-corrected chi connectivity index (χ2v) is 5.57. The molecule has 25 heavy (non-hydrogen) atoms. The highest BCUT2D eigenvalue weighted by Crippen LogP contribution is 2.28. The van der Waals surface area contributed by atoms with Crippen molar-refractivity contribution >= 4 is 23.2 Å². The molecule has 0 aliphatic carbocycles. The molecule has 2 amide bonds. The number of nitrogens with zero attached hydrogens (tertiary/aromatic N) is 1. The van der Waals surface area contributed by atoms with Gasteiger partial charge in [0, 0.05) is 13.0 Å². The largest absolute Gasteiger partial charge is 0.323 e. The van der Waals surface area contributed by atoms with Crippen molar-refractivity contribution in [3.8, 4) is 0 Å². The third-order valence-electron chi connectivity index (χ3n) is 3.93. The van der Waals surface area contributed by atoms with Crippen LogP contribution in [0.4, 0.5) is 28.9 Å². The number of carbonyl (C=O) groups excluding carboxylic acids is 2. The lowest BCUT2D eigenvalue weighted by Crippen LogP contribution is -2.29. The number of rotatable bonds is 3. The minimum atomic E-state index is -1.70. The molecule has 1 saturated heterocycles. The molecule has 0 spiro atoms. The highest BCUT2D eigenvalue weighted by molar-refractivity contribution is 6.03. The van der Waals surface area contributed by atoms with E-state index in [1.54, 1.807) is 6.07 Å². The van der Waals surface area contributed by atoms with E-state index in [1.165, 1.54) is 18.2 Å². The van der Waals surface area contributed by atoms with E-state index in [4.69, 9.17) is 0 Å². The Labute approximate surface area is 140 Å². The Kier molecular flexibility index (Phi) is 4.43. The maximum absolute atomic E-state index is 13.8. The van der Waals surface area contributed by atoms with Crippen LogP contribution in [0.25, 0.3) is 0 Å². The molecule has 1 unspecified atom stereocenters. The molecule has 1 aliphatic rings. The van der Waals surface area contributed by atoms with Crippen LogP contribution in [0.1, 0.15) is 6.42 Å². The lowest BCUT2D eigenvalue weighted by atomic mass is 10.1. The molecule has 1 heterocycles. The Bertz CT molecular complexity index is 857. The normalized spacial score (nSPS) is 17.0. The molecule has 130 valence electrons. The number of anilines is 2. The quantitative estimate of drug-likeness (QED) is 0.681. The number of carbonyl (C=O) groups is 2. The highest BCUT2D eigenvalue weighted by Gasteiger charge is 2.36. The molecule has 4 nitrogen and oxygen atoms in total. The van der Waals surface area contributed by atoms with Gasteiger partial charge in [-0.2, -0.15) is 0 Å². The van der Waals surface area contributed by atoms with Gasteiger partial charge < -0.3 is 10.2 Å². The van der Waals surface area contributed by atoms with Gasteiger partial charge in [-0.15, -0.1) is 0 Å². The number of hydrogen-bond acceptors (Lipinski definition) is 2. The molecule has 0 radical (unpaired) electrons. The second kappa shape index (κ2) is 6.54. The Morgan fingerprint density at radius 2 is 1.72 bits per heavy atom. The smallest absolute Gasteiger partial charge is 0.229 e. The zero-order valence-corrected chi connectivity index (χ0v) is 12.7. The fraction of sp³-hybridized carbons (Fsp3) is 0.176. The lowest BCUT2D eigenvalue weighted by molar-refractivity contribution is -0.122. The molecule has 1 atom stereocenters. The molecule has 0 saturated carbocycles. The van der Waals surface area contributed by atoms with E-state index >= 15 is 0 Å². The number of halogens is 4. The van der Waals surface area contributed by atoms with Crippen LogP contribution >= 0.6 is 0 Å². The van der Waals surface area contributed by atoms with Crippen molar-refractivity contribution < 1.29 is 27.2 Å². The summed E-state index contributed by atoms with van der Waals surface area (Å²) >= 11 is 0. The molecule has 0 aromatic heterocycles. The van der Waals surface area contributed by atoms with E-state index in [9.17, 15) is 27.2 Å². The van der Waals surface area contributed by atoms with Gasteiger partial charge in [-0.05, 0) is 24.3 Å². The van der Waals surface area contributed by atoms with Crippen LogP contribution in [0.2, 0.25) is 0 Å². The van der Waals surface area contributed by atoms with E-state index < -0.39 is 46.7 Å². The molecule has 3 rings (SSSR count). The van der Waals surface area contributed by atoms with Gasteiger partial charge in [0.2, 0.25) is 11.8 Å². The monoisotopic (exact) mass is 352 g/mol. The van der Waals surface area contributed by atoms with Gasteiger partial charge >= 0.3 is 0 Å². The van der Waals surface area contributed by atoms with Crippen LogP contribution in [-0.2, 0) is 9.59 Å². The summed E-state index contributed by atoms with van der Waals surface area (Å²) in [4.78, 5) is 25.4. The zero-order chi connectivity index (χ0) is 18.1. The van der Waals surface area contributed by atoms with E-state index in [0.717, 1.165) is 11.0 Å². The van der Waals surface area contributed by atoms with Crippen LogP contribution in [0.15, 0.2) is 36.4 Å². The van der Waals surface area contributed by atoms with Gasteiger partial charge in [-0.1, -0.05) is 12.1 Å². The molecule has 1 fully saturated rings. The minimum Gasteiger partial charge on any atom is -0.323 e. The molecule has 2 aromatic rings. The lowest BCUT2D eigenvalue weighted by Gasteiger charge is -2.17. The summed E-state index contributed by atoms with van der Waals surface area (Å²) in [7, 11) is 0. The molecule has 2 aromatic carbocycles. The van der Waals surface area contributed by atoms with Crippen molar-refractivity contribution in [3.05, 3.63) is 59.7 Å².